The summed E-state index contributed by atoms with van der Waals surface area (Å²) in [5.41, 5.74) is 1.68. The topological polar surface area (TPSA) is 77.0 Å². The van der Waals surface area contributed by atoms with E-state index in [4.69, 9.17) is 9.47 Å². The average Bonchev–Trinajstić information content (AvgIpc) is 2.59. The number of hydrogen-bond donors (Lipinski definition) is 2. The van der Waals surface area contributed by atoms with Gasteiger partial charge in [-0.2, -0.15) is 0 Å². The third kappa shape index (κ3) is 3.85. The highest BCUT2D eigenvalue weighted by Gasteiger charge is 2.12. The van der Waals surface area contributed by atoms with Gasteiger partial charge in [-0.3, -0.25) is 0 Å². The highest BCUT2D eigenvalue weighted by molar-refractivity contribution is 5.93. The number of anilines is 1. The summed E-state index contributed by atoms with van der Waals surface area (Å²) in [5, 5.41) is 12.9. The van der Waals surface area contributed by atoms with Crippen LogP contribution in [0.25, 0.3) is 0 Å². The Morgan fingerprint density at radius 3 is 2.52 bits per heavy atom. The first-order valence-electron chi connectivity index (χ1n) is 6.95. The molecule has 23 heavy (non-hydrogen) atoms. The van der Waals surface area contributed by atoms with E-state index in [0.717, 1.165) is 17.1 Å². The van der Waals surface area contributed by atoms with Crippen molar-refractivity contribution in [3.63, 3.8) is 0 Å². The van der Waals surface area contributed by atoms with Crippen LogP contribution >= 0.6 is 0 Å². The van der Waals surface area contributed by atoms with E-state index in [9.17, 15) is 9.90 Å². The predicted molar refractivity (Wildman–Crippen MR) is 86.3 cm³/mol. The van der Waals surface area contributed by atoms with E-state index in [2.05, 4.69) is 10.1 Å². The molecule has 0 aliphatic rings. The minimum atomic E-state index is -0.592. The van der Waals surface area contributed by atoms with Crippen LogP contribution in [0.15, 0.2) is 36.4 Å². The molecule has 0 spiro atoms. The van der Waals surface area contributed by atoms with Gasteiger partial charge in [0.05, 0.1) is 21.3 Å². The standard InChI is InChI=1S/C17H19NO5/c1-21-13-5-7-16(22-2)11(8-13)10-18-12-4-6-15(19)14(9-12)17(20)23-3/h4-9,18-19H,10H2,1-3H3. The van der Waals surface area contributed by atoms with Gasteiger partial charge in [-0.1, -0.05) is 0 Å². The van der Waals surface area contributed by atoms with Crippen molar-refractivity contribution in [2.45, 2.75) is 6.54 Å². The predicted octanol–water partition coefficient (Wildman–Crippen LogP) is 2.81. The SMILES string of the molecule is COC(=O)c1cc(NCc2cc(OC)ccc2OC)ccc1O. The van der Waals surface area contributed by atoms with Crippen molar-refractivity contribution in [3.05, 3.63) is 47.5 Å². The molecule has 6 heteroatoms. The Labute approximate surface area is 134 Å². The van der Waals surface area contributed by atoms with Crippen molar-refractivity contribution in [1.82, 2.24) is 0 Å². The monoisotopic (exact) mass is 317 g/mol. The molecule has 2 aromatic rings. The van der Waals surface area contributed by atoms with Gasteiger partial charge in [0.2, 0.25) is 0 Å². The number of phenolic OH excluding ortho intramolecular Hbond substituents is 1. The average molecular weight is 317 g/mol. The van der Waals surface area contributed by atoms with Crippen molar-refractivity contribution in [2.24, 2.45) is 0 Å². The van der Waals surface area contributed by atoms with Gasteiger partial charge in [0.1, 0.15) is 22.8 Å². The van der Waals surface area contributed by atoms with Crippen LogP contribution in [-0.2, 0) is 11.3 Å². The number of methoxy groups -OCH3 is 3. The lowest BCUT2D eigenvalue weighted by atomic mass is 10.1. The summed E-state index contributed by atoms with van der Waals surface area (Å²) in [4.78, 5) is 11.6. The Kier molecular flexibility index (Phi) is 5.30. The normalized spacial score (nSPS) is 10.0. The number of nitrogens with one attached hydrogen (secondary N) is 1. The van der Waals surface area contributed by atoms with E-state index in [-0.39, 0.29) is 11.3 Å². The summed E-state index contributed by atoms with van der Waals surface area (Å²) in [7, 11) is 4.46. The molecule has 0 saturated carbocycles. The van der Waals surface area contributed by atoms with Crippen LogP contribution in [0.4, 0.5) is 5.69 Å². The first kappa shape index (κ1) is 16.5. The molecule has 0 amide bonds. The van der Waals surface area contributed by atoms with Crippen molar-refractivity contribution in [1.29, 1.82) is 0 Å². The number of benzene rings is 2. The number of ether oxygens (including phenoxy) is 3. The molecule has 0 radical (unpaired) electrons. The van der Waals surface area contributed by atoms with Crippen LogP contribution in [-0.4, -0.2) is 32.4 Å². The van der Waals surface area contributed by atoms with Gasteiger partial charge in [0.15, 0.2) is 0 Å². The fourth-order valence-electron chi connectivity index (χ4n) is 2.14. The number of rotatable bonds is 6. The summed E-state index contributed by atoms with van der Waals surface area (Å²) < 4.78 is 15.2. The summed E-state index contributed by atoms with van der Waals surface area (Å²) in [6, 6.07) is 10.2. The second-order valence-electron chi connectivity index (χ2n) is 4.75. The highest BCUT2D eigenvalue weighted by Crippen LogP contribution is 2.26. The van der Waals surface area contributed by atoms with E-state index < -0.39 is 5.97 Å². The molecule has 0 atom stereocenters. The molecule has 0 heterocycles. The Morgan fingerprint density at radius 2 is 1.87 bits per heavy atom. The molecule has 0 bridgehead atoms. The van der Waals surface area contributed by atoms with E-state index >= 15 is 0 Å². The lowest BCUT2D eigenvalue weighted by molar-refractivity contribution is 0.0597. The Bertz CT molecular complexity index is 699. The molecule has 2 N–H and O–H groups in total. The quantitative estimate of drug-likeness (QED) is 0.630. The number of esters is 1. The first-order chi connectivity index (χ1) is 11.1. The van der Waals surface area contributed by atoms with Crippen molar-refractivity contribution < 1.29 is 24.1 Å². The first-order valence-corrected chi connectivity index (χ1v) is 6.95. The molecule has 0 fully saturated rings. The van der Waals surface area contributed by atoms with E-state index in [0.29, 0.717) is 12.2 Å². The van der Waals surface area contributed by atoms with Gasteiger partial charge < -0.3 is 24.6 Å². The maximum atomic E-state index is 11.6. The van der Waals surface area contributed by atoms with Gasteiger partial charge in [-0.25, -0.2) is 4.79 Å². The van der Waals surface area contributed by atoms with Gasteiger partial charge in [-0.15, -0.1) is 0 Å². The summed E-state index contributed by atoms with van der Waals surface area (Å²) in [6.45, 7) is 0.464. The fraction of sp³-hybridized carbons (Fsp3) is 0.235. The second kappa shape index (κ2) is 7.40. The van der Waals surface area contributed by atoms with Gasteiger partial charge in [-0.05, 0) is 36.4 Å². The fourth-order valence-corrected chi connectivity index (χ4v) is 2.14. The lowest BCUT2D eigenvalue weighted by Gasteiger charge is -2.13. The Balaban J connectivity index is 2.19. The van der Waals surface area contributed by atoms with Gasteiger partial charge >= 0.3 is 5.97 Å². The second-order valence-corrected chi connectivity index (χ2v) is 4.75. The van der Waals surface area contributed by atoms with Crippen molar-refractivity contribution in [3.8, 4) is 17.2 Å². The third-order valence-electron chi connectivity index (χ3n) is 3.37. The Morgan fingerprint density at radius 1 is 1.09 bits per heavy atom. The molecule has 0 unspecified atom stereocenters. The van der Waals surface area contributed by atoms with Crippen LogP contribution in [0, 0.1) is 0 Å². The molecule has 122 valence electrons. The number of hydrogen-bond acceptors (Lipinski definition) is 6. The summed E-state index contributed by atoms with van der Waals surface area (Å²) >= 11 is 0. The zero-order valence-corrected chi connectivity index (χ0v) is 13.3. The number of aromatic hydroxyl groups is 1. The van der Waals surface area contributed by atoms with E-state index in [1.807, 2.05) is 18.2 Å². The molecule has 0 aliphatic heterocycles. The van der Waals surface area contributed by atoms with Crippen LogP contribution in [0.1, 0.15) is 15.9 Å². The maximum absolute atomic E-state index is 11.6. The molecule has 0 aromatic heterocycles. The number of carbonyl (C=O) groups excluding carboxylic acids is 1. The van der Waals surface area contributed by atoms with Crippen LogP contribution in [0.3, 0.4) is 0 Å². The summed E-state index contributed by atoms with van der Waals surface area (Å²) in [5.74, 6) is 0.736. The zero-order valence-electron chi connectivity index (χ0n) is 13.3. The molecular formula is C17H19NO5. The minimum Gasteiger partial charge on any atom is -0.507 e. The van der Waals surface area contributed by atoms with Crippen LogP contribution in [0.5, 0.6) is 17.2 Å². The van der Waals surface area contributed by atoms with E-state index in [1.54, 1.807) is 20.3 Å². The number of carbonyl (C=O) groups is 1. The maximum Gasteiger partial charge on any atom is 0.341 e. The Hall–Kier alpha value is -2.89. The van der Waals surface area contributed by atoms with Crippen LogP contribution in [0.2, 0.25) is 0 Å². The molecule has 0 aliphatic carbocycles. The third-order valence-corrected chi connectivity index (χ3v) is 3.37. The summed E-state index contributed by atoms with van der Waals surface area (Å²) in [6.07, 6.45) is 0. The largest absolute Gasteiger partial charge is 0.507 e. The molecule has 2 rings (SSSR count). The van der Waals surface area contributed by atoms with Crippen LogP contribution < -0.4 is 14.8 Å². The minimum absolute atomic E-state index is 0.107. The van der Waals surface area contributed by atoms with Crippen molar-refractivity contribution >= 4 is 11.7 Å². The highest BCUT2D eigenvalue weighted by atomic mass is 16.5. The molecule has 0 saturated heterocycles. The molecule has 6 nitrogen and oxygen atoms in total. The van der Waals surface area contributed by atoms with Gasteiger partial charge in [0, 0.05) is 17.8 Å². The smallest absolute Gasteiger partial charge is 0.341 e. The lowest BCUT2D eigenvalue weighted by Crippen LogP contribution is -2.05. The molecular weight excluding hydrogens is 298 g/mol. The van der Waals surface area contributed by atoms with E-state index in [1.165, 1.54) is 19.2 Å². The van der Waals surface area contributed by atoms with Crippen molar-refractivity contribution in [2.75, 3.05) is 26.6 Å². The van der Waals surface area contributed by atoms with Gasteiger partial charge in [0.25, 0.3) is 0 Å². The number of phenols is 1. The molecule has 2 aromatic carbocycles. The zero-order chi connectivity index (χ0) is 16.8.